The van der Waals surface area contributed by atoms with Gasteiger partial charge in [0.05, 0.1) is 26.1 Å². The first kappa shape index (κ1) is 17.7. The molecule has 1 aliphatic rings. The summed E-state index contributed by atoms with van der Waals surface area (Å²) in [5, 5.41) is 3.00. The number of nitrogens with one attached hydrogen (secondary N) is 2. The van der Waals surface area contributed by atoms with Crippen LogP contribution in [-0.4, -0.2) is 25.5 Å². The summed E-state index contributed by atoms with van der Waals surface area (Å²) < 4.78 is 0. The summed E-state index contributed by atoms with van der Waals surface area (Å²) in [6.07, 6.45) is 4.34. The number of benzene rings is 2. The van der Waals surface area contributed by atoms with Crippen LogP contribution >= 0.6 is 0 Å². The molecule has 3 heteroatoms. The number of aryl methyl sites for hydroxylation is 1. The Balaban J connectivity index is 1.36. The van der Waals surface area contributed by atoms with Gasteiger partial charge in [0.25, 0.3) is 0 Å². The Morgan fingerprint density at radius 1 is 1.04 bits per heavy atom. The molecule has 0 aliphatic carbocycles. The zero-order valence-electron chi connectivity index (χ0n) is 15.1. The molecule has 0 saturated carbocycles. The number of amides is 1. The van der Waals surface area contributed by atoms with E-state index in [0.29, 0.717) is 6.42 Å². The molecule has 132 valence electrons. The molecule has 3 rings (SSSR count). The van der Waals surface area contributed by atoms with Gasteiger partial charge in [-0.25, -0.2) is 0 Å². The second-order valence-electron chi connectivity index (χ2n) is 7.30. The molecule has 0 bridgehead atoms. The fourth-order valence-electron chi connectivity index (χ4n) is 3.64. The Morgan fingerprint density at radius 2 is 1.72 bits per heavy atom. The van der Waals surface area contributed by atoms with Crippen molar-refractivity contribution in [1.82, 2.24) is 0 Å². The van der Waals surface area contributed by atoms with Gasteiger partial charge in [-0.05, 0) is 49.8 Å². The molecular weight excluding hydrogens is 308 g/mol. The van der Waals surface area contributed by atoms with Gasteiger partial charge in [0, 0.05) is 5.69 Å². The van der Waals surface area contributed by atoms with E-state index in [-0.39, 0.29) is 5.91 Å². The molecule has 0 atom stereocenters. The molecule has 0 spiro atoms. The lowest BCUT2D eigenvalue weighted by Gasteiger charge is -2.29. The van der Waals surface area contributed by atoms with Gasteiger partial charge in [-0.15, -0.1) is 0 Å². The fourth-order valence-corrected chi connectivity index (χ4v) is 3.64. The van der Waals surface area contributed by atoms with Crippen LogP contribution in [0.3, 0.4) is 0 Å². The van der Waals surface area contributed by atoms with Crippen LogP contribution in [0.1, 0.15) is 30.4 Å². The molecule has 2 aromatic carbocycles. The topological polar surface area (TPSA) is 33.5 Å². The van der Waals surface area contributed by atoms with Gasteiger partial charge in [-0.2, -0.15) is 0 Å². The van der Waals surface area contributed by atoms with E-state index in [9.17, 15) is 4.79 Å². The van der Waals surface area contributed by atoms with Crippen LogP contribution < -0.4 is 10.2 Å². The zero-order chi connectivity index (χ0) is 17.5. The Morgan fingerprint density at radius 3 is 2.40 bits per heavy atom. The summed E-state index contributed by atoms with van der Waals surface area (Å²) in [6, 6.07) is 18.8. The minimum Gasteiger partial charge on any atom is -0.334 e. The summed E-state index contributed by atoms with van der Waals surface area (Å²) in [6.45, 7) is 5.37. The molecule has 0 aromatic heterocycles. The first-order valence-corrected chi connectivity index (χ1v) is 9.43. The number of hydrogen-bond acceptors (Lipinski definition) is 1. The Hall–Kier alpha value is -2.13. The van der Waals surface area contributed by atoms with Crippen molar-refractivity contribution >= 4 is 11.6 Å². The quantitative estimate of drug-likeness (QED) is 0.835. The van der Waals surface area contributed by atoms with E-state index in [1.165, 1.54) is 43.5 Å². The van der Waals surface area contributed by atoms with Crippen molar-refractivity contribution in [2.24, 2.45) is 5.92 Å². The lowest BCUT2D eigenvalue weighted by molar-refractivity contribution is -0.905. The van der Waals surface area contributed by atoms with E-state index in [0.717, 1.165) is 18.2 Å². The van der Waals surface area contributed by atoms with Crippen LogP contribution in [0.2, 0.25) is 0 Å². The summed E-state index contributed by atoms with van der Waals surface area (Å²) in [5.74, 6) is 0.926. The Labute approximate surface area is 151 Å². The first-order valence-electron chi connectivity index (χ1n) is 9.43. The van der Waals surface area contributed by atoms with E-state index < -0.39 is 0 Å². The van der Waals surface area contributed by atoms with Gasteiger partial charge in [0.1, 0.15) is 0 Å². The largest absolute Gasteiger partial charge is 0.334 e. The van der Waals surface area contributed by atoms with Gasteiger partial charge < -0.3 is 10.2 Å². The smallest absolute Gasteiger partial charge is 0.230 e. The van der Waals surface area contributed by atoms with Gasteiger partial charge in [0.2, 0.25) is 5.91 Å². The van der Waals surface area contributed by atoms with E-state index >= 15 is 0 Å². The number of carbonyl (C=O) groups is 1. The monoisotopic (exact) mass is 337 g/mol. The zero-order valence-corrected chi connectivity index (χ0v) is 15.1. The van der Waals surface area contributed by atoms with E-state index in [1.54, 1.807) is 4.90 Å². The van der Waals surface area contributed by atoms with Gasteiger partial charge in [-0.3, -0.25) is 4.79 Å². The molecule has 1 saturated heterocycles. The molecule has 25 heavy (non-hydrogen) atoms. The van der Waals surface area contributed by atoms with Crippen molar-refractivity contribution in [3.8, 4) is 0 Å². The van der Waals surface area contributed by atoms with Gasteiger partial charge in [-0.1, -0.05) is 48.0 Å². The molecule has 2 aromatic rings. The second kappa shape index (κ2) is 8.82. The highest BCUT2D eigenvalue weighted by atomic mass is 16.1. The minimum atomic E-state index is 0.128. The van der Waals surface area contributed by atoms with Crippen LogP contribution in [0, 0.1) is 12.8 Å². The highest BCUT2D eigenvalue weighted by Gasteiger charge is 2.22. The fraction of sp³-hybridized carbons (Fsp3) is 0.409. The summed E-state index contributed by atoms with van der Waals surface area (Å²) in [5.41, 5.74) is 3.56. The lowest BCUT2D eigenvalue weighted by atomic mass is 9.90. The Kier molecular flexibility index (Phi) is 6.24. The maximum Gasteiger partial charge on any atom is 0.230 e. The molecule has 1 fully saturated rings. The van der Waals surface area contributed by atoms with Crippen molar-refractivity contribution in [3.05, 3.63) is 65.7 Å². The van der Waals surface area contributed by atoms with E-state index in [1.807, 2.05) is 24.3 Å². The maximum absolute atomic E-state index is 12.1. The molecule has 2 N–H and O–H groups in total. The van der Waals surface area contributed by atoms with Crippen molar-refractivity contribution in [1.29, 1.82) is 0 Å². The molecule has 3 nitrogen and oxygen atoms in total. The van der Waals surface area contributed by atoms with Crippen LogP contribution in [-0.2, 0) is 11.2 Å². The molecular formula is C22H29N2O+. The number of carbonyl (C=O) groups excluding carboxylic acids is 1. The number of piperidine rings is 1. The predicted octanol–water partition coefficient (Wildman–Crippen LogP) is 2.86. The van der Waals surface area contributed by atoms with Crippen molar-refractivity contribution < 1.29 is 9.69 Å². The highest BCUT2D eigenvalue weighted by Crippen LogP contribution is 2.16. The van der Waals surface area contributed by atoms with Crippen LogP contribution in [0.5, 0.6) is 0 Å². The predicted molar refractivity (Wildman–Crippen MR) is 103 cm³/mol. The summed E-state index contributed by atoms with van der Waals surface area (Å²) >= 11 is 0. The molecule has 0 radical (unpaired) electrons. The van der Waals surface area contributed by atoms with Crippen LogP contribution in [0.4, 0.5) is 5.69 Å². The summed E-state index contributed by atoms with van der Waals surface area (Å²) in [7, 11) is 0. The van der Waals surface area contributed by atoms with Gasteiger partial charge in [0.15, 0.2) is 0 Å². The number of quaternary nitrogens is 1. The van der Waals surface area contributed by atoms with Crippen molar-refractivity contribution in [2.45, 2.75) is 32.6 Å². The first-order chi connectivity index (χ1) is 12.2. The average molecular weight is 337 g/mol. The third kappa shape index (κ3) is 5.71. The van der Waals surface area contributed by atoms with Gasteiger partial charge >= 0.3 is 0 Å². The number of hydrogen-bond donors (Lipinski definition) is 2. The van der Waals surface area contributed by atoms with Crippen molar-refractivity contribution in [3.63, 3.8) is 0 Å². The van der Waals surface area contributed by atoms with E-state index in [2.05, 4.69) is 42.6 Å². The third-order valence-corrected chi connectivity index (χ3v) is 5.22. The normalized spacial score (nSPS) is 20.2. The number of anilines is 1. The third-order valence-electron chi connectivity index (χ3n) is 5.22. The molecule has 1 amide bonds. The molecule has 1 aliphatic heterocycles. The van der Waals surface area contributed by atoms with Crippen LogP contribution in [0.15, 0.2) is 54.6 Å². The maximum atomic E-state index is 12.1. The van der Waals surface area contributed by atoms with Crippen molar-refractivity contribution in [2.75, 3.05) is 25.0 Å². The Bertz CT molecular complexity index is 658. The van der Waals surface area contributed by atoms with E-state index in [4.69, 9.17) is 0 Å². The lowest BCUT2D eigenvalue weighted by Crippen LogP contribution is -3.13. The average Bonchev–Trinajstić information content (AvgIpc) is 2.64. The highest BCUT2D eigenvalue weighted by molar-refractivity contribution is 5.90. The number of rotatable bonds is 6. The second-order valence-corrected chi connectivity index (χ2v) is 7.30. The number of likely N-dealkylation sites (tertiary alicyclic amines) is 1. The van der Waals surface area contributed by atoms with Crippen LogP contribution in [0.25, 0.3) is 0 Å². The molecule has 1 heterocycles. The minimum absolute atomic E-state index is 0.128. The molecule has 0 unspecified atom stereocenters. The SMILES string of the molecule is Cc1ccc(NC(=O)CC[NH+]2CCC(Cc3ccccc3)CC2)cc1. The summed E-state index contributed by atoms with van der Waals surface area (Å²) in [4.78, 5) is 13.7. The standard InChI is InChI=1S/C22H28N2O/c1-18-7-9-21(10-8-18)23-22(25)13-16-24-14-11-20(12-15-24)17-19-5-3-2-4-6-19/h2-10,20H,11-17H2,1H3,(H,23,25)/p+1.